The molecule has 1 fully saturated rings. The van der Waals surface area contributed by atoms with Crippen LogP contribution in [-0.4, -0.2) is 50.8 Å². The molecular formula is C18H30N2O2. The molecule has 0 saturated carbocycles. The Bertz CT molecular complexity index is 429. The maximum atomic E-state index is 5.70. The van der Waals surface area contributed by atoms with Gasteiger partial charge >= 0.3 is 0 Å². The van der Waals surface area contributed by atoms with Gasteiger partial charge in [-0.1, -0.05) is 6.07 Å². The lowest BCUT2D eigenvalue weighted by Crippen LogP contribution is -2.29. The Morgan fingerprint density at radius 2 is 1.86 bits per heavy atom. The Hall–Kier alpha value is -1.26. The summed E-state index contributed by atoms with van der Waals surface area (Å²) >= 11 is 0. The molecule has 0 unspecified atom stereocenters. The standard InChI is InChI=1S/C18H30N2O2/c1-3-21-17-9-8-16(15-18(17)22-4-2)7-5-12-20-13-6-10-19-11-14-20/h8-9,15,19H,3-7,10-14H2,1-2H3. The van der Waals surface area contributed by atoms with Crippen LogP contribution in [0.4, 0.5) is 0 Å². The van der Waals surface area contributed by atoms with Crippen molar-refractivity contribution in [1.82, 2.24) is 10.2 Å². The smallest absolute Gasteiger partial charge is 0.161 e. The summed E-state index contributed by atoms with van der Waals surface area (Å²) in [6.45, 7) is 11.2. The molecule has 2 rings (SSSR count). The summed E-state index contributed by atoms with van der Waals surface area (Å²) in [6, 6.07) is 6.34. The summed E-state index contributed by atoms with van der Waals surface area (Å²) in [6.07, 6.45) is 3.55. The van der Waals surface area contributed by atoms with Crippen molar-refractivity contribution in [2.75, 3.05) is 45.9 Å². The third-order valence-corrected chi connectivity index (χ3v) is 3.98. The number of nitrogens with one attached hydrogen (secondary N) is 1. The van der Waals surface area contributed by atoms with E-state index in [9.17, 15) is 0 Å². The Balaban J connectivity index is 1.84. The lowest BCUT2D eigenvalue weighted by Gasteiger charge is -2.19. The highest BCUT2D eigenvalue weighted by molar-refractivity contribution is 5.43. The molecule has 1 aromatic rings. The number of hydrogen-bond donors (Lipinski definition) is 1. The van der Waals surface area contributed by atoms with E-state index in [2.05, 4.69) is 22.3 Å². The maximum Gasteiger partial charge on any atom is 0.161 e. The van der Waals surface area contributed by atoms with Crippen molar-refractivity contribution in [3.05, 3.63) is 23.8 Å². The van der Waals surface area contributed by atoms with E-state index in [0.717, 1.165) is 31.0 Å². The van der Waals surface area contributed by atoms with E-state index >= 15 is 0 Å². The number of rotatable bonds is 8. The number of hydrogen-bond acceptors (Lipinski definition) is 4. The highest BCUT2D eigenvalue weighted by atomic mass is 16.5. The van der Waals surface area contributed by atoms with Crippen molar-refractivity contribution < 1.29 is 9.47 Å². The molecule has 0 atom stereocenters. The molecule has 4 nitrogen and oxygen atoms in total. The first-order valence-corrected chi connectivity index (χ1v) is 8.65. The van der Waals surface area contributed by atoms with Gasteiger partial charge in [-0.25, -0.2) is 0 Å². The maximum absolute atomic E-state index is 5.70. The second kappa shape index (κ2) is 9.70. The molecule has 1 heterocycles. The molecule has 1 aromatic carbocycles. The fourth-order valence-corrected chi connectivity index (χ4v) is 2.88. The second-order valence-electron chi connectivity index (χ2n) is 5.70. The van der Waals surface area contributed by atoms with E-state index in [4.69, 9.17) is 9.47 Å². The molecule has 0 amide bonds. The highest BCUT2D eigenvalue weighted by Crippen LogP contribution is 2.29. The van der Waals surface area contributed by atoms with Gasteiger partial charge in [-0.3, -0.25) is 0 Å². The quantitative estimate of drug-likeness (QED) is 0.801. The molecule has 1 aliphatic rings. The summed E-state index contributed by atoms with van der Waals surface area (Å²) in [4.78, 5) is 2.57. The molecule has 4 heteroatoms. The van der Waals surface area contributed by atoms with E-state index in [0.29, 0.717) is 13.2 Å². The zero-order chi connectivity index (χ0) is 15.6. The van der Waals surface area contributed by atoms with E-state index < -0.39 is 0 Å². The van der Waals surface area contributed by atoms with Gasteiger partial charge in [0.2, 0.25) is 0 Å². The zero-order valence-corrected chi connectivity index (χ0v) is 14.1. The molecular weight excluding hydrogens is 276 g/mol. The summed E-state index contributed by atoms with van der Waals surface area (Å²) in [7, 11) is 0. The van der Waals surface area contributed by atoms with Crippen molar-refractivity contribution in [2.45, 2.75) is 33.1 Å². The zero-order valence-electron chi connectivity index (χ0n) is 14.1. The molecule has 22 heavy (non-hydrogen) atoms. The summed E-state index contributed by atoms with van der Waals surface area (Å²) in [5.74, 6) is 1.73. The minimum atomic E-state index is 0.669. The van der Waals surface area contributed by atoms with Crippen LogP contribution < -0.4 is 14.8 Å². The van der Waals surface area contributed by atoms with Crippen LogP contribution in [0.2, 0.25) is 0 Å². The van der Waals surface area contributed by atoms with Crippen molar-refractivity contribution in [1.29, 1.82) is 0 Å². The topological polar surface area (TPSA) is 33.7 Å². The fraction of sp³-hybridized carbons (Fsp3) is 0.667. The van der Waals surface area contributed by atoms with E-state index in [1.807, 2.05) is 19.9 Å². The molecule has 1 N–H and O–H groups in total. The van der Waals surface area contributed by atoms with Gasteiger partial charge in [0.1, 0.15) is 0 Å². The number of ether oxygens (including phenoxy) is 2. The van der Waals surface area contributed by atoms with Crippen LogP contribution >= 0.6 is 0 Å². The van der Waals surface area contributed by atoms with Crippen LogP contribution in [0.25, 0.3) is 0 Å². The predicted octanol–water partition coefficient (Wildman–Crippen LogP) is 2.71. The van der Waals surface area contributed by atoms with Gasteiger partial charge in [-0.2, -0.15) is 0 Å². The average molecular weight is 306 g/mol. The summed E-state index contributed by atoms with van der Waals surface area (Å²) in [5, 5.41) is 3.45. The Morgan fingerprint density at radius 3 is 2.68 bits per heavy atom. The number of benzene rings is 1. The van der Waals surface area contributed by atoms with Gasteiger partial charge in [0.05, 0.1) is 13.2 Å². The largest absolute Gasteiger partial charge is 0.490 e. The van der Waals surface area contributed by atoms with Gasteiger partial charge in [-0.05, 0) is 70.4 Å². The lowest BCUT2D eigenvalue weighted by molar-refractivity contribution is 0.285. The second-order valence-corrected chi connectivity index (χ2v) is 5.70. The predicted molar refractivity (Wildman–Crippen MR) is 91.0 cm³/mol. The molecule has 0 bridgehead atoms. The minimum Gasteiger partial charge on any atom is -0.490 e. The van der Waals surface area contributed by atoms with E-state index in [-0.39, 0.29) is 0 Å². The molecule has 1 aliphatic heterocycles. The van der Waals surface area contributed by atoms with Crippen LogP contribution in [0.3, 0.4) is 0 Å². The molecule has 124 valence electrons. The summed E-state index contributed by atoms with van der Waals surface area (Å²) < 4.78 is 11.3. The Kier molecular flexibility index (Phi) is 7.54. The van der Waals surface area contributed by atoms with Gasteiger partial charge < -0.3 is 19.7 Å². The third kappa shape index (κ3) is 5.50. The van der Waals surface area contributed by atoms with Crippen LogP contribution in [0, 0.1) is 0 Å². The van der Waals surface area contributed by atoms with Crippen molar-refractivity contribution in [2.24, 2.45) is 0 Å². The van der Waals surface area contributed by atoms with Gasteiger partial charge in [0.15, 0.2) is 11.5 Å². The van der Waals surface area contributed by atoms with Gasteiger partial charge in [0.25, 0.3) is 0 Å². The monoisotopic (exact) mass is 306 g/mol. The molecule has 0 spiro atoms. The van der Waals surface area contributed by atoms with Crippen LogP contribution in [0.1, 0.15) is 32.3 Å². The SMILES string of the molecule is CCOc1ccc(CCCN2CCCNCC2)cc1OCC. The third-order valence-electron chi connectivity index (χ3n) is 3.98. The van der Waals surface area contributed by atoms with Crippen molar-refractivity contribution in [3.8, 4) is 11.5 Å². The Labute approximate surface area is 134 Å². The first-order chi connectivity index (χ1) is 10.8. The normalized spacial score (nSPS) is 16.3. The average Bonchev–Trinajstić information content (AvgIpc) is 2.79. The first-order valence-electron chi connectivity index (χ1n) is 8.65. The summed E-state index contributed by atoms with van der Waals surface area (Å²) in [5.41, 5.74) is 1.33. The molecule has 0 aliphatic carbocycles. The van der Waals surface area contributed by atoms with Crippen LogP contribution in [0.15, 0.2) is 18.2 Å². The highest BCUT2D eigenvalue weighted by Gasteiger charge is 2.09. The fourth-order valence-electron chi connectivity index (χ4n) is 2.88. The van der Waals surface area contributed by atoms with Crippen molar-refractivity contribution >= 4 is 0 Å². The number of nitrogens with zero attached hydrogens (tertiary/aromatic N) is 1. The van der Waals surface area contributed by atoms with Gasteiger partial charge in [0, 0.05) is 13.1 Å². The molecule has 0 radical (unpaired) electrons. The van der Waals surface area contributed by atoms with Gasteiger partial charge in [-0.15, -0.1) is 0 Å². The van der Waals surface area contributed by atoms with E-state index in [1.54, 1.807) is 0 Å². The molecule has 0 aromatic heterocycles. The van der Waals surface area contributed by atoms with Crippen molar-refractivity contribution in [3.63, 3.8) is 0 Å². The first kappa shape index (κ1) is 17.1. The minimum absolute atomic E-state index is 0.669. The Morgan fingerprint density at radius 1 is 1.05 bits per heavy atom. The lowest BCUT2D eigenvalue weighted by atomic mass is 10.1. The van der Waals surface area contributed by atoms with Crippen LogP contribution in [0.5, 0.6) is 11.5 Å². The molecule has 1 saturated heterocycles. The van der Waals surface area contributed by atoms with E-state index in [1.165, 1.54) is 38.0 Å². The number of aryl methyl sites for hydroxylation is 1. The van der Waals surface area contributed by atoms with Crippen LogP contribution in [-0.2, 0) is 6.42 Å².